The molecule has 0 saturated heterocycles. The second-order valence-electron chi connectivity index (χ2n) is 3.34. The van der Waals surface area contributed by atoms with E-state index in [9.17, 15) is 0 Å². The summed E-state index contributed by atoms with van der Waals surface area (Å²) >= 11 is 5.06. The molecule has 84 valence electrons. The minimum absolute atomic E-state index is 0.776. The van der Waals surface area contributed by atoms with Crippen molar-refractivity contribution in [1.29, 1.82) is 0 Å². The van der Waals surface area contributed by atoms with Gasteiger partial charge >= 0.3 is 0 Å². The van der Waals surface area contributed by atoms with Crippen molar-refractivity contribution in [1.82, 2.24) is 10.2 Å². The molecule has 0 aliphatic carbocycles. The number of hydrogen-bond donors (Lipinski definition) is 1. The summed E-state index contributed by atoms with van der Waals surface area (Å²) in [5.74, 6) is 0. The van der Waals surface area contributed by atoms with Gasteiger partial charge in [0, 0.05) is 11.0 Å². The maximum atomic E-state index is 4.07. The Labute approximate surface area is 107 Å². The van der Waals surface area contributed by atoms with Crippen LogP contribution in [-0.4, -0.2) is 10.2 Å². The molecule has 2 rings (SSSR count). The van der Waals surface area contributed by atoms with Gasteiger partial charge in [-0.2, -0.15) is 0 Å². The summed E-state index contributed by atoms with van der Waals surface area (Å²) in [6, 6.07) is 8.22. The fourth-order valence-electron chi connectivity index (χ4n) is 1.29. The Bertz CT molecular complexity index is 470. The zero-order chi connectivity index (χ0) is 11.4. The van der Waals surface area contributed by atoms with E-state index in [1.165, 1.54) is 5.56 Å². The molecule has 0 radical (unpaired) electrons. The number of aromatic nitrogens is 2. The molecule has 0 saturated carbocycles. The molecule has 1 aromatic carbocycles. The van der Waals surface area contributed by atoms with E-state index in [2.05, 4.69) is 50.5 Å². The van der Waals surface area contributed by atoms with Crippen LogP contribution in [0.2, 0.25) is 0 Å². The number of aryl methyl sites for hydroxylation is 1. The third kappa shape index (κ3) is 3.02. The number of hydrogen-bond acceptors (Lipinski definition) is 4. The van der Waals surface area contributed by atoms with Crippen molar-refractivity contribution in [2.45, 2.75) is 19.9 Å². The van der Waals surface area contributed by atoms with Gasteiger partial charge in [0.2, 0.25) is 5.13 Å². The predicted molar refractivity (Wildman–Crippen MR) is 70.8 cm³/mol. The summed E-state index contributed by atoms with van der Waals surface area (Å²) in [6.07, 6.45) is 0.941. The quantitative estimate of drug-likeness (QED) is 0.939. The highest BCUT2D eigenvalue weighted by molar-refractivity contribution is 9.10. The molecule has 5 heteroatoms. The molecular weight excluding hydrogens is 286 g/mol. The lowest BCUT2D eigenvalue weighted by Gasteiger charge is -2.02. The van der Waals surface area contributed by atoms with Gasteiger partial charge in [0.15, 0.2) is 0 Å². The second kappa shape index (κ2) is 5.41. The Balaban J connectivity index is 1.96. The van der Waals surface area contributed by atoms with Crippen LogP contribution < -0.4 is 5.32 Å². The topological polar surface area (TPSA) is 37.8 Å². The molecule has 1 aromatic heterocycles. The molecule has 0 fully saturated rings. The van der Waals surface area contributed by atoms with Gasteiger partial charge in [-0.05, 0) is 24.1 Å². The summed E-state index contributed by atoms with van der Waals surface area (Å²) in [5.41, 5.74) is 1.22. The number of rotatable bonds is 4. The molecule has 0 amide bonds. The zero-order valence-corrected chi connectivity index (χ0v) is 11.3. The van der Waals surface area contributed by atoms with Gasteiger partial charge in [-0.25, -0.2) is 0 Å². The largest absolute Gasteiger partial charge is 0.356 e. The molecule has 0 atom stereocenters. The summed E-state index contributed by atoms with van der Waals surface area (Å²) in [6.45, 7) is 2.86. The van der Waals surface area contributed by atoms with E-state index in [0.717, 1.165) is 27.6 Å². The lowest BCUT2D eigenvalue weighted by Crippen LogP contribution is -1.98. The first-order valence-corrected chi connectivity index (χ1v) is 6.69. The highest BCUT2D eigenvalue weighted by atomic mass is 79.9. The summed E-state index contributed by atoms with van der Waals surface area (Å²) in [7, 11) is 0. The van der Waals surface area contributed by atoms with Gasteiger partial charge in [-0.1, -0.05) is 46.3 Å². The van der Waals surface area contributed by atoms with Crippen LogP contribution in [0.4, 0.5) is 5.13 Å². The third-order valence-electron chi connectivity index (χ3n) is 2.10. The van der Waals surface area contributed by atoms with Crippen molar-refractivity contribution in [2.24, 2.45) is 0 Å². The minimum Gasteiger partial charge on any atom is -0.356 e. The number of anilines is 1. The van der Waals surface area contributed by atoms with Gasteiger partial charge < -0.3 is 5.32 Å². The van der Waals surface area contributed by atoms with E-state index < -0.39 is 0 Å². The monoisotopic (exact) mass is 297 g/mol. The van der Waals surface area contributed by atoms with Crippen molar-refractivity contribution < 1.29 is 0 Å². The molecule has 0 aliphatic rings. The maximum absolute atomic E-state index is 4.07. The Hall–Kier alpha value is -0.940. The van der Waals surface area contributed by atoms with E-state index in [1.807, 2.05) is 12.1 Å². The van der Waals surface area contributed by atoms with Crippen LogP contribution in [0.15, 0.2) is 28.7 Å². The average molecular weight is 298 g/mol. The summed E-state index contributed by atoms with van der Waals surface area (Å²) < 4.78 is 1.10. The van der Waals surface area contributed by atoms with Gasteiger partial charge in [0.25, 0.3) is 0 Å². The number of nitrogens with one attached hydrogen (secondary N) is 1. The fraction of sp³-hybridized carbons (Fsp3) is 0.273. The number of nitrogens with zero attached hydrogens (tertiary/aromatic N) is 2. The van der Waals surface area contributed by atoms with Gasteiger partial charge in [-0.3, -0.25) is 0 Å². The number of benzene rings is 1. The minimum atomic E-state index is 0.776. The Morgan fingerprint density at radius 3 is 2.94 bits per heavy atom. The molecule has 0 unspecified atom stereocenters. The van der Waals surface area contributed by atoms with Crippen LogP contribution in [0, 0.1) is 0 Å². The van der Waals surface area contributed by atoms with E-state index in [0.29, 0.717) is 0 Å². The van der Waals surface area contributed by atoms with Gasteiger partial charge in [0.05, 0.1) is 0 Å². The van der Waals surface area contributed by atoms with Crippen molar-refractivity contribution in [3.8, 4) is 0 Å². The molecule has 3 nitrogen and oxygen atoms in total. The third-order valence-corrected chi connectivity index (χ3v) is 3.62. The van der Waals surface area contributed by atoms with Crippen molar-refractivity contribution in [3.05, 3.63) is 39.3 Å². The van der Waals surface area contributed by atoms with E-state index in [-0.39, 0.29) is 0 Å². The van der Waals surface area contributed by atoms with Crippen molar-refractivity contribution >= 4 is 32.4 Å². The lowest BCUT2D eigenvalue weighted by atomic mass is 10.2. The first kappa shape index (κ1) is 11.5. The molecule has 1 N–H and O–H groups in total. The van der Waals surface area contributed by atoms with E-state index >= 15 is 0 Å². The fourth-order valence-corrected chi connectivity index (χ4v) is 2.41. The molecular formula is C11H12BrN3S. The zero-order valence-electron chi connectivity index (χ0n) is 8.90. The molecule has 0 spiro atoms. The van der Waals surface area contributed by atoms with Crippen LogP contribution in [0.5, 0.6) is 0 Å². The lowest BCUT2D eigenvalue weighted by molar-refractivity contribution is 0.975. The van der Waals surface area contributed by atoms with Crippen LogP contribution in [0.3, 0.4) is 0 Å². The second-order valence-corrected chi connectivity index (χ2v) is 5.32. The Morgan fingerprint density at radius 1 is 1.38 bits per heavy atom. The molecule has 1 heterocycles. The standard InChI is InChI=1S/C11H12BrN3S/c1-2-10-14-15-11(16-10)13-7-8-4-3-5-9(12)6-8/h3-6H,2,7H2,1H3,(H,13,15). The first-order chi connectivity index (χ1) is 7.78. The maximum Gasteiger partial charge on any atom is 0.205 e. The van der Waals surface area contributed by atoms with Crippen LogP contribution in [0.25, 0.3) is 0 Å². The highest BCUT2D eigenvalue weighted by Gasteiger charge is 2.01. The summed E-state index contributed by atoms with van der Waals surface area (Å²) in [5, 5.41) is 13.4. The molecule has 2 aromatic rings. The molecule has 16 heavy (non-hydrogen) atoms. The SMILES string of the molecule is CCc1nnc(NCc2cccc(Br)c2)s1. The van der Waals surface area contributed by atoms with E-state index in [4.69, 9.17) is 0 Å². The van der Waals surface area contributed by atoms with Crippen molar-refractivity contribution in [3.63, 3.8) is 0 Å². The smallest absolute Gasteiger partial charge is 0.205 e. The Morgan fingerprint density at radius 2 is 2.25 bits per heavy atom. The highest BCUT2D eigenvalue weighted by Crippen LogP contribution is 2.17. The van der Waals surface area contributed by atoms with Gasteiger partial charge in [-0.15, -0.1) is 10.2 Å². The average Bonchev–Trinajstić information content (AvgIpc) is 2.74. The molecule has 0 aliphatic heterocycles. The van der Waals surface area contributed by atoms with Crippen LogP contribution >= 0.6 is 27.3 Å². The summed E-state index contributed by atoms with van der Waals surface area (Å²) in [4.78, 5) is 0. The van der Waals surface area contributed by atoms with Gasteiger partial charge in [0.1, 0.15) is 5.01 Å². The van der Waals surface area contributed by atoms with Crippen LogP contribution in [0.1, 0.15) is 17.5 Å². The Kier molecular flexibility index (Phi) is 3.90. The van der Waals surface area contributed by atoms with Crippen molar-refractivity contribution in [2.75, 3.05) is 5.32 Å². The number of halogens is 1. The first-order valence-electron chi connectivity index (χ1n) is 5.08. The van der Waals surface area contributed by atoms with Crippen LogP contribution in [-0.2, 0) is 13.0 Å². The van der Waals surface area contributed by atoms with E-state index in [1.54, 1.807) is 11.3 Å². The molecule has 0 bridgehead atoms. The normalized spacial score (nSPS) is 10.4. The predicted octanol–water partition coefficient (Wildman–Crippen LogP) is 3.48.